The van der Waals surface area contributed by atoms with Crippen molar-refractivity contribution in [1.82, 2.24) is 10.6 Å². The molecule has 0 aliphatic rings. The lowest BCUT2D eigenvalue weighted by molar-refractivity contribution is -0.121. The third kappa shape index (κ3) is 8.68. The van der Waals surface area contributed by atoms with E-state index in [0.717, 1.165) is 12.8 Å². The maximum atomic E-state index is 11.5. The van der Waals surface area contributed by atoms with Gasteiger partial charge in [0.15, 0.2) is 0 Å². The molecule has 0 aromatic heterocycles. The predicted octanol–water partition coefficient (Wildman–Crippen LogP) is 1.31. The lowest BCUT2D eigenvalue weighted by Gasteiger charge is -2.16. The highest BCUT2D eigenvalue weighted by molar-refractivity contribution is 5.78. The molecule has 0 aliphatic heterocycles. The van der Waals surface area contributed by atoms with Crippen molar-refractivity contribution in [2.75, 3.05) is 19.8 Å². The van der Waals surface area contributed by atoms with Gasteiger partial charge in [0, 0.05) is 18.7 Å². The van der Waals surface area contributed by atoms with E-state index < -0.39 is 0 Å². The Balaban J connectivity index is 3.56. The van der Waals surface area contributed by atoms with Crippen LogP contribution in [0.25, 0.3) is 0 Å². The fraction of sp³-hybridized carbons (Fsp3) is 0.917. The van der Waals surface area contributed by atoms with Gasteiger partial charge in [0.25, 0.3) is 0 Å². The van der Waals surface area contributed by atoms with Gasteiger partial charge in [-0.1, -0.05) is 13.3 Å². The summed E-state index contributed by atoms with van der Waals surface area (Å²) in [7, 11) is 0. The Morgan fingerprint density at radius 1 is 1.25 bits per heavy atom. The number of carbonyl (C=O) groups is 1. The maximum Gasteiger partial charge on any atom is 0.234 e. The van der Waals surface area contributed by atoms with Gasteiger partial charge >= 0.3 is 0 Å². The maximum absolute atomic E-state index is 11.5. The molecule has 0 fully saturated rings. The quantitative estimate of drug-likeness (QED) is 0.628. The van der Waals surface area contributed by atoms with Crippen molar-refractivity contribution >= 4 is 5.91 Å². The third-order valence-corrected chi connectivity index (χ3v) is 2.31. The molecule has 4 nitrogen and oxygen atoms in total. The van der Waals surface area contributed by atoms with E-state index in [1.165, 1.54) is 0 Å². The van der Waals surface area contributed by atoms with Crippen molar-refractivity contribution in [1.29, 1.82) is 0 Å². The monoisotopic (exact) mass is 230 g/mol. The summed E-state index contributed by atoms with van der Waals surface area (Å²) in [5.41, 5.74) is 0. The Bertz CT molecular complexity index is 186. The molecule has 1 amide bonds. The first-order valence-electron chi connectivity index (χ1n) is 6.20. The molecule has 0 radical (unpaired) electrons. The lowest BCUT2D eigenvalue weighted by atomic mass is 10.2. The van der Waals surface area contributed by atoms with Crippen LogP contribution in [0.2, 0.25) is 0 Å². The molecule has 0 aliphatic carbocycles. The van der Waals surface area contributed by atoms with E-state index in [9.17, 15) is 4.79 Å². The number of ether oxygens (including phenoxy) is 1. The molecule has 0 spiro atoms. The summed E-state index contributed by atoms with van der Waals surface area (Å²) in [6.45, 7) is 9.85. The molecule has 4 heteroatoms. The number of amides is 1. The number of hydrogen-bond acceptors (Lipinski definition) is 3. The smallest absolute Gasteiger partial charge is 0.234 e. The Kier molecular flexibility index (Phi) is 9.24. The van der Waals surface area contributed by atoms with E-state index in [4.69, 9.17) is 4.74 Å². The molecule has 0 saturated carbocycles. The summed E-state index contributed by atoms with van der Waals surface area (Å²) < 4.78 is 5.25. The van der Waals surface area contributed by atoms with Crippen LogP contribution in [-0.2, 0) is 9.53 Å². The van der Waals surface area contributed by atoms with Crippen LogP contribution in [-0.4, -0.2) is 37.7 Å². The summed E-state index contributed by atoms with van der Waals surface area (Å²) >= 11 is 0. The predicted molar refractivity (Wildman–Crippen MR) is 66.5 cm³/mol. The van der Waals surface area contributed by atoms with Crippen LogP contribution in [0.15, 0.2) is 0 Å². The minimum absolute atomic E-state index is 0.0595. The zero-order chi connectivity index (χ0) is 12.4. The fourth-order valence-electron chi connectivity index (χ4n) is 1.45. The summed E-state index contributed by atoms with van der Waals surface area (Å²) in [6.07, 6.45) is 2.12. The average Bonchev–Trinajstić information content (AvgIpc) is 2.23. The van der Waals surface area contributed by atoms with Gasteiger partial charge in [0.2, 0.25) is 5.91 Å². The minimum Gasteiger partial charge on any atom is -0.380 e. The van der Waals surface area contributed by atoms with Gasteiger partial charge in [-0.05, 0) is 27.2 Å². The highest BCUT2D eigenvalue weighted by atomic mass is 16.5. The summed E-state index contributed by atoms with van der Waals surface area (Å²) in [5.74, 6) is 0.0595. The zero-order valence-electron chi connectivity index (χ0n) is 11.0. The Hall–Kier alpha value is -0.610. The second-order valence-corrected chi connectivity index (χ2v) is 4.20. The largest absolute Gasteiger partial charge is 0.380 e. The van der Waals surface area contributed by atoms with Crippen molar-refractivity contribution in [3.05, 3.63) is 0 Å². The minimum atomic E-state index is 0.0595. The zero-order valence-corrected chi connectivity index (χ0v) is 11.0. The van der Waals surface area contributed by atoms with E-state index in [2.05, 4.69) is 17.6 Å². The van der Waals surface area contributed by atoms with Crippen LogP contribution in [0.1, 0.15) is 40.5 Å². The van der Waals surface area contributed by atoms with Crippen molar-refractivity contribution < 1.29 is 9.53 Å². The molecule has 2 unspecified atom stereocenters. The van der Waals surface area contributed by atoms with Crippen LogP contribution >= 0.6 is 0 Å². The summed E-state index contributed by atoms with van der Waals surface area (Å²) in [5, 5.41) is 6.08. The second kappa shape index (κ2) is 9.60. The van der Waals surface area contributed by atoms with Crippen LogP contribution in [0.4, 0.5) is 0 Å². The van der Waals surface area contributed by atoms with Crippen molar-refractivity contribution in [3.8, 4) is 0 Å². The van der Waals surface area contributed by atoms with Crippen LogP contribution in [0.3, 0.4) is 0 Å². The molecular weight excluding hydrogens is 204 g/mol. The van der Waals surface area contributed by atoms with Gasteiger partial charge in [0.05, 0.1) is 13.2 Å². The van der Waals surface area contributed by atoms with Crippen molar-refractivity contribution in [2.24, 2.45) is 0 Å². The van der Waals surface area contributed by atoms with Gasteiger partial charge in [-0.3, -0.25) is 4.79 Å². The first-order valence-corrected chi connectivity index (χ1v) is 6.20. The first kappa shape index (κ1) is 15.4. The Labute approximate surface area is 99.1 Å². The van der Waals surface area contributed by atoms with Crippen LogP contribution in [0.5, 0.6) is 0 Å². The molecular formula is C12H26N2O2. The normalized spacial score (nSPS) is 14.5. The van der Waals surface area contributed by atoms with Crippen LogP contribution in [0, 0.1) is 0 Å². The van der Waals surface area contributed by atoms with E-state index in [1.54, 1.807) is 0 Å². The van der Waals surface area contributed by atoms with Gasteiger partial charge in [-0.25, -0.2) is 0 Å². The third-order valence-electron chi connectivity index (χ3n) is 2.31. The number of hydrogen-bond donors (Lipinski definition) is 2. The standard InChI is InChI=1S/C12H26N2O2/c1-5-7-10(3)14-12(15)8-13-11(4)9-16-6-2/h10-11,13H,5-9H2,1-4H3,(H,14,15). The molecule has 0 aromatic rings. The topological polar surface area (TPSA) is 50.4 Å². The SMILES string of the molecule is CCCC(C)NC(=O)CNC(C)COCC. The van der Waals surface area contributed by atoms with E-state index in [1.807, 2.05) is 20.8 Å². The van der Waals surface area contributed by atoms with E-state index >= 15 is 0 Å². The highest BCUT2D eigenvalue weighted by Gasteiger charge is 2.08. The van der Waals surface area contributed by atoms with Gasteiger partial charge in [-0.2, -0.15) is 0 Å². The van der Waals surface area contributed by atoms with Crippen LogP contribution < -0.4 is 10.6 Å². The first-order chi connectivity index (χ1) is 7.60. The van der Waals surface area contributed by atoms with Crippen molar-refractivity contribution in [2.45, 2.75) is 52.6 Å². The fourth-order valence-corrected chi connectivity index (χ4v) is 1.45. The summed E-state index contributed by atoms with van der Waals surface area (Å²) in [6, 6.07) is 0.480. The van der Waals surface area contributed by atoms with Gasteiger partial charge < -0.3 is 15.4 Å². The lowest BCUT2D eigenvalue weighted by Crippen LogP contribution is -2.42. The number of carbonyl (C=O) groups excluding carboxylic acids is 1. The number of nitrogens with one attached hydrogen (secondary N) is 2. The van der Waals surface area contributed by atoms with Gasteiger partial charge in [0.1, 0.15) is 0 Å². The number of rotatable bonds is 9. The van der Waals surface area contributed by atoms with Crippen molar-refractivity contribution in [3.63, 3.8) is 0 Å². The Morgan fingerprint density at radius 3 is 2.50 bits per heavy atom. The Morgan fingerprint density at radius 2 is 1.94 bits per heavy atom. The molecule has 0 heterocycles. The molecule has 96 valence electrons. The molecule has 0 aromatic carbocycles. The molecule has 0 rings (SSSR count). The average molecular weight is 230 g/mol. The summed E-state index contributed by atoms with van der Waals surface area (Å²) in [4.78, 5) is 11.5. The molecule has 0 bridgehead atoms. The molecule has 2 atom stereocenters. The van der Waals surface area contributed by atoms with E-state index in [-0.39, 0.29) is 18.0 Å². The van der Waals surface area contributed by atoms with E-state index in [0.29, 0.717) is 19.8 Å². The highest BCUT2D eigenvalue weighted by Crippen LogP contribution is 1.94. The second-order valence-electron chi connectivity index (χ2n) is 4.20. The molecule has 2 N–H and O–H groups in total. The van der Waals surface area contributed by atoms with Gasteiger partial charge in [-0.15, -0.1) is 0 Å². The molecule has 16 heavy (non-hydrogen) atoms. The molecule has 0 saturated heterocycles.